The standard InChI is InChI=1S/H4O4P.H2O4S/c2*1-5(2,3)4/h1-4H;(H2,1,2,3,4)/q+1;. The molecule has 0 bridgehead atoms. The topological polar surface area (TPSA) is 156 Å². The number of hydrogen-bond donors (Lipinski definition) is 6. The molecule has 0 aliphatic heterocycles. The molecular weight excluding hydrogens is 191 g/mol. The summed E-state index contributed by atoms with van der Waals surface area (Å²) >= 11 is 0. The summed E-state index contributed by atoms with van der Waals surface area (Å²) in [5, 5.41) is 0. The van der Waals surface area contributed by atoms with Crippen LogP contribution in [0, 0.1) is 0 Å². The molecule has 0 heterocycles. The van der Waals surface area contributed by atoms with Gasteiger partial charge in [0.05, 0.1) is 0 Å². The van der Waals surface area contributed by atoms with Crippen LogP contribution in [0.2, 0.25) is 0 Å². The summed E-state index contributed by atoms with van der Waals surface area (Å²) in [7, 11) is -9.06. The molecule has 0 saturated heterocycles. The lowest BCUT2D eigenvalue weighted by atomic mass is 15.7. The van der Waals surface area contributed by atoms with Crippen LogP contribution in [0.25, 0.3) is 0 Å². The Bertz CT molecular complexity index is 144. The molecule has 0 aromatic heterocycles. The molecule has 0 rings (SSSR count). The largest absolute Gasteiger partial charge is 0.564 e. The highest BCUT2D eigenvalue weighted by atomic mass is 32.3. The first-order valence-electron chi connectivity index (χ1n) is 1.50. The van der Waals surface area contributed by atoms with Crippen molar-refractivity contribution < 1.29 is 37.1 Å². The van der Waals surface area contributed by atoms with Crippen molar-refractivity contribution in [3.05, 3.63) is 0 Å². The summed E-state index contributed by atoms with van der Waals surface area (Å²) in [5.41, 5.74) is 0. The van der Waals surface area contributed by atoms with Crippen LogP contribution in [-0.4, -0.2) is 37.1 Å². The van der Waals surface area contributed by atoms with Crippen LogP contribution in [0.1, 0.15) is 0 Å². The maximum atomic E-state index is 8.74. The zero-order chi connectivity index (χ0) is 9.00. The van der Waals surface area contributed by atoms with Crippen LogP contribution >= 0.6 is 8.17 Å². The molecule has 0 spiro atoms. The summed E-state index contributed by atoms with van der Waals surface area (Å²) in [5.74, 6) is 0. The smallest absolute Gasteiger partial charge is 0.264 e. The predicted octanol–water partition coefficient (Wildman–Crippen LogP) is -2.02. The minimum atomic E-state index is -4.67. The molecule has 0 aromatic carbocycles. The fourth-order valence-electron chi connectivity index (χ4n) is 0. The fourth-order valence-corrected chi connectivity index (χ4v) is 0. The molecule has 0 amide bonds. The van der Waals surface area contributed by atoms with Crippen LogP contribution in [-0.2, 0) is 10.4 Å². The third-order valence-corrected chi connectivity index (χ3v) is 0. The SMILES string of the molecule is O=S(=O)(O)O.O[P+](O)(O)O. The Morgan fingerprint density at radius 1 is 0.900 bits per heavy atom. The summed E-state index contributed by atoms with van der Waals surface area (Å²) in [6.07, 6.45) is 0. The van der Waals surface area contributed by atoms with Crippen molar-refractivity contribution >= 4 is 18.6 Å². The van der Waals surface area contributed by atoms with Crippen molar-refractivity contribution in [1.82, 2.24) is 0 Å². The normalized spacial score (nSPS) is 11.8. The summed E-state index contributed by atoms with van der Waals surface area (Å²) in [4.78, 5) is 29.2. The molecule has 0 saturated carbocycles. The predicted molar refractivity (Wildman–Crippen MR) is 30.0 cm³/mol. The van der Waals surface area contributed by atoms with Gasteiger partial charge in [-0.3, -0.25) is 9.11 Å². The highest BCUT2D eigenvalue weighted by Crippen LogP contribution is 2.37. The van der Waals surface area contributed by atoms with Gasteiger partial charge in [-0.25, -0.2) is 0 Å². The van der Waals surface area contributed by atoms with Gasteiger partial charge < -0.3 is 0 Å². The third-order valence-electron chi connectivity index (χ3n) is 0. The molecule has 6 N–H and O–H groups in total. The number of rotatable bonds is 0. The molecule has 10 heavy (non-hydrogen) atoms. The first-order chi connectivity index (χ1) is 4.00. The van der Waals surface area contributed by atoms with E-state index in [-0.39, 0.29) is 0 Å². The number of hydrogen-bond acceptors (Lipinski definition) is 6. The average Bonchev–Trinajstić information content (AvgIpc) is 1.12. The van der Waals surface area contributed by atoms with Gasteiger partial charge in [0.2, 0.25) is 0 Å². The van der Waals surface area contributed by atoms with Crippen LogP contribution in [0.5, 0.6) is 0 Å². The van der Waals surface area contributed by atoms with Crippen LogP contribution in [0.15, 0.2) is 0 Å². The van der Waals surface area contributed by atoms with E-state index in [1.54, 1.807) is 0 Å². The van der Waals surface area contributed by atoms with Crippen molar-refractivity contribution in [2.75, 3.05) is 0 Å². The minimum Gasteiger partial charge on any atom is -0.264 e. The van der Waals surface area contributed by atoms with Gasteiger partial charge in [-0.1, -0.05) is 0 Å². The Morgan fingerprint density at radius 3 is 0.900 bits per heavy atom. The van der Waals surface area contributed by atoms with E-state index in [1.807, 2.05) is 0 Å². The van der Waals surface area contributed by atoms with Gasteiger partial charge >= 0.3 is 18.6 Å². The van der Waals surface area contributed by atoms with Gasteiger partial charge in [0.25, 0.3) is 0 Å². The molecule has 10 heteroatoms. The van der Waals surface area contributed by atoms with Gasteiger partial charge in [-0.2, -0.15) is 28.0 Å². The van der Waals surface area contributed by atoms with E-state index in [0.29, 0.717) is 0 Å². The van der Waals surface area contributed by atoms with Crippen LogP contribution in [0.4, 0.5) is 0 Å². The Labute approximate surface area is 56.6 Å². The molecule has 0 aliphatic rings. The van der Waals surface area contributed by atoms with Crippen molar-refractivity contribution in [2.24, 2.45) is 0 Å². The molecule has 0 aliphatic carbocycles. The zero-order valence-electron chi connectivity index (χ0n) is 4.36. The third kappa shape index (κ3) is 21200. The van der Waals surface area contributed by atoms with Crippen LogP contribution < -0.4 is 0 Å². The van der Waals surface area contributed by atoms with Crippen molar-refractivity contribution in [1.29, 1.82) is 0 Å². The Kier molecular flexibility index (Phi) is 5.25. The maximum Gasteiger partial charge on any atom is 0.564 e. The Balaban J connectivity index is 0. The molecular formula is H6O8PS+. The van der Waals surface area contributed by atoms with Crippen molar-refractivity contribution in [3.63, 3.8) is 0 Å². The quantitative estimate of drug-likeness (QED) is 0.192. The van der Waals surface area contributed by atoms with Crippen molar-refractivity contribution in [3.8, 4) is 0 Å². The monoisotopic (exact) mass is 197 g/mol. The van der Waals surface area contributed by atoms with E-state index in [4.69, 9.17) is 37.1 Å². The lowest BCUT2D eigenvalue weighted by molar-refractivity contribution is 0.229. The minimum absolute atomic E-state index is 4.39. The molecule has 64 valence electrons. The molecule has 0 fully saturated rings. The van der Waals surface area contributed by atoms with Gasteiger partial charge in [-0.15, -0.1) is 0 Å². The zero-order valence-corrected chi connectivity index (χ0v) is 6.07. The lowest BCUT2D eigenvalue weighted by Crippen LogP contribution is -1.89. The van der Waals surface area contributed by atoms with E-state index in [1.165, 1.54) is 0 Å². The summed E-state index contributed by atoms with van der Waals surface area (Å²) in [6, 6.07) is 0. The Morgan fingerprint density at radius 2 is 0.900 bits per heavy atom. The van der Waals surface area contributed by atoms with Gasteiger partial charge in [0.1, 0.15) is 0 Å². The molecule has 8 nitrogen and oxygen atoms in total. The highest BCUT2D eigenvalue weighted by Gasteiger charge is 2.23. The van der Waals surface area contributed by atoms with E-state index in [0.717, 1.165) is 0 Å². The second kappa shape index (κ2) is 4.11. The van der Waals surface area contributed by atoms with E-state index in [9.17, 15) is 0 Å². The first kappa shape index (κ1) is 12.8. The molecule has 0 aromatic rings. The lowest BCUT2D eigenvalue weighted by Gasteiger charge is -1.83. The van der Waals surface area contributed by atoms with Gasteiger partial charge in [-0.05, 0) is 0 Å². The average molecular weight is 197 g/mol. The van der Waals surface area contributed by atoms with Crippen molar-refractivity contribution in [2.45, 2.75) is 0 Å². The molecule has 0 atom stereocenters. The second-order valence-electron chi connectivity index (χ2n) is 0.984. The van der Waals surface area contributed by atoms with Gasteiger partial charge in [0.15, 0.2) is 0 Å². The first-order valence-corrected chi connectivity index (χ1v) is 4.50. The second-order valence-corrected chi connectivity index (χ2v) is 2.95. The van der Waals surface area contributed by atoms with E-state index >= 15 is 0 Å². The van der Waals surface area contributed by atoms with Crippen LogP contribution in [0.3, 0.4) is 0 Å². The highest BCUT2D eigenvalue weighted by molar-refractivity contribution is 7.79. The maximum absolute atomic E-state index is 8.74. The van der Waals surface area contributed by atoms with Gasteiger partial charge in [0, 0.05) is 0 Å². The van der Waals surface area contributed by atoms with E-state index < -0.39 is 18.6 Å². The summed E-state index contributed by atoms with van der Waals surface area (Å²) in [6.45, 7) is 0. The molecule has 0 unspecified atom stereocenters. The Hall–Kier alpha value is 0.140. The van der Waals surface area contributed by atoms with E-state index in [2.05, 4.69) is 0 Å². The molecule has 0 radical (unpaired) electrons. The fraction of sp³-hybridized carbons (Fsp3) is 0. The summed E-state index contributed by atoms with van der Waals surface area (Å²) < 4.78 is 31.6.